The van der Waals surface area contributed by atoms with E-state index in [2.05, 4.69) is 29.2 Å². The van der Waals surface area contributed by atoms with Crippen molar-refractivity contribution >= 4 is 22.7 Å². The Labute approximate surface area is 146 Å². The van der Waals surface area contributed by atoms with Crippen LogP contribution in [0.25, 0.3) is 0 Å². The molecule has 0 aromatic heterocycles. The fourth-order valence-corrected chi connectivity index (χ4v) is 3.97. The fourth-order valence-electron chi connectivity index (χ4n) is 3.97. The van der Waals surface area contributed by atoms with Crippen molar-refractivity contribution in [3.8, 4) is 0 Å². The van der Waals surface area contributed by atoms with E-state index in [0.29, 0.717) is 12.0 Å². The number of nitrogens with zero attached hydrogens (tertiary/aromatic N) is 2. The van der Waals surface area contributed by atoms with Crippen LogP contribution >= 0.6 is 17.0 Å². The van der Waals surface area contributed by atoms with Gasteiger partial charge in [0.15, 0.2) is 0 Å². The van der Waals surface area contributed by atoms with Crippen molar-refractivity contribution in [3.63, 3.8) is 0 Å². The van der Waals surface area contributed by atoms with Crippen LogP contribution in [0.4, 0.5) is 5.69 Å². The summed E-state index contributed by atoms with van der Waals surface area (Å²) in [4.78, 5) is 13.1. The van der Waals surface area contributed by atoms with Gasteiger partial charge in [-0.15, -0.1) is 17.0 Å². The minimum Gasteiger partial charge on any atom is -0.295 e. The van der Waals surface area contributed by atoms with Gasteiger partial charge >= 0.3 is 0 Å². The highest BCUT2D eigenvalue weighted by atomic mass is 79.9. The molecule has 0 amide bonds. The second kappa shape index (κ2) is 6.42. The van der Waals surface area contributed by atoms with E-state index in [4.69, 9.17) is 0 Å². The first-order chi connectivity index (χ1) is 10.7. The van der Waals surface area contributed by atoms with Crippen molar-refractivity contribution in [2.45, 2.75) is 24.8 Å². The van der Waals surface area contributed by atoms with Gasteiger partial charge in [-0.1, -0.05) is 36.4 Å². The first-order valence-corrected chi connectivity index (χ1v) is 7.81. The van der Waals surface area contributed by atoms with Crippen molar-refractivity contribution in [3.05, 3.63) is 75.3 Å². The Morgan fingerprint density at radius 3 is 2.43 bits per heavy atom. The first kappa shape index (κ1) is 16.1. The molecule has 0 bridgehead atoms. The molecule has 2 heterocycles. The molecule has 2 atom stereocenters. The van der Waals surface area contributed by atoms with Gasteiger partial charge in [-0.25, -0.2) is 0 Å². The highest BCUT2D eigenvalue weighted by molar-refractivity contribution is 8.93. The summed E-state index contributed by atoms with van der Waals surface area (Å²) in [6.45, 7) is 2.17. The van der Waals surface area contributed by atoms with Gasteiger partial charge in [-0.2, -0.15) is 0 Å². The molecule has 2 aliphatic heterocycles. The average molecular weight is 375 g/mol. The number of non-ortho nitro benzene ring substituents is 1. The third kappa shape index (κ3) is 2.79. The van der Waals surface area contributed by atoms with E-state index < -0.39 is 0 Å². The largest absolute Gasteiger partial charge is 0.295 e. The molecule has 120 valence electrons. The Bertz CT molecular complexity index is 717. The summed E-state index contributed by atoms with van der Waals surface area (Å²) in [6, 6.07) is 16.3. The normalized spacial score (nSPS) is 22.8. The lowest BCUT2D eigenvalue weighted by Crippen LogP contribution is -2.34. The minimum atomic E-state index is -0.338. The lowest BCUT2D eigenvalue weighted by Gasteiger charge is -2.37. The molecule has 0 saturated carbocycles. The van der Waals surface area contributed by atoms with Crippen LogP contribution in [0.3, 0.4) is 0 Å². The molecule has 0 N–H and O–H groups in total. The Morgan fingerprint density at radius 2 is 1.74 bits per heavy atom. The molecule has 5 heteroatoms. The summed E-state index contributed by atoms with van der Waals surface area (Å²) in [5.74, 6) is 0.311. The molecule has 23 heavy (non-hydrogen) atoms. The Kier molecular flexibility index (Phi) is 4.50. The molecule has 2 aliphatic rings. The van der Waals surface area contributed by atoms with Crippen molar-refractivity contribution in [2.75, 3.05) is 13.1 Å². The molecule has 2 aromatic carbocycles. The second-order valence-corrected chi connectivity index (χ2v) is 6.18. The molecular weight excluding hydrogens is 356 g/mol. The lowest BCUT2D eigenvalue weighted by atomic mass is 9.81. The summed E-state index contributed by atoms with van der Waals surface area (Å²) < 4.78 is 0. The van der Waals surface area contributed by atoms with E-state index in [1.54, 1.807) is 12.1 Å². The van der Waals surface area contributed by atoms with Crippen molar-refractivity contribution in [2.24, 2.45) is 0 Å². The number of benzene rings is 2. The summed E-state index contributed by atoms with van der Waals surface area (Å²) in [7, 11) is 0. The highest BCUT2D eigenvalue weighted by Gasteiger charge is 2.36. The first-order valence-electron chi connectivity index (χ1n) is 7.81. The van der Waals surface area contributed by atoms with Crippen molar-refractivity contribution < 1.29 is 4.92 Å². The molecule has 4 rings (SSSR count). The predicted octanol–water partition coefficient (Wildman–Crippen LogP) is 4.46. The molecule has 4 nitrogen and oxygen atoms in total. The topological polar surface area (TPSA) is 46.4 Å². The number of rotatable bonds is 2. The predicted molar refractivity (Wildman–Crippen MR) is 95.3 cm³/mol. The van der Waals surface area contributed by atoms with E-state index in [1.807, 2.05) is 12.1 Å². The SMILES string of the molecule is Br.O=[N+]([O-])c1ccc([C@@H]2CN3CCC[C@@H]3c3ccccc32)cc1. The Morgan fingerprint density at radius 1 is 1.04 bits per heavy atom. The maximum absolute atomic E-state index is 10.8. The zero-order chi connectivity index (χ0) is 15.1. The van der Waals surface area contributed by atoms with E-state index in [0.717, 1.165) is 13.1 Å². The molecule has 0 aliphatic carbocycles. The number of hydrogen-bond donors (Lipinski definition) is 0. The van der Waals surface area contributed by atoms with Gasteiger partial charge in [0.25, 0.3) is 5.69 Å². The van der Waals surface area contributed by atoms with Gasteiger partial charge in [0.05, 0.1) is 4.92 Å². The minimum absolute atomic E-state index is 0. The van der Waals surface area contributed by atoms with E-state index >= 15 is 0 Å². The van der Waals surface area contributed by atoms with Crippen LogP contribution in [-0.4, -0.2) is 22.9 Å². The third-order valence-corrected chi connectivity index (χ3v) is 5.02. The van der Waals surface area contributed by atoms with Gasteiger partial charge in [0, 0.05) is 30.6 Å². The Hall–Kier alpha value is -1.72. The number of hydrogen-bond acceptors (Lipinski definition) is 3. The summed E-state index contributed by atoms with van der Waals surface area (Å²) in [6.07, 6.45) is 2.50. The van der Waals surface area contributed by atoms with Crippen LogP contribution in [-0.2, 0) is 0 Å². The van der Waals surface area contributed by atoms with Crippen LogP contribution in [0.5, 0.6) is 0 Å². The number of halogens is 1. The van der Waals surface area contributed by atoms with Gasteiger partial charge in [-0.05, 0) is 36.1 Å². The highest BCUT2D eigenvalue weighted by Crippen LogP contribution is 2.44. The molecule has 1 fully saturated rings. The summed E-state index contributed by atoms with van der Waals surface area (Å²) in [5, 5.41) is 10.8. The van der Waals surface area contributed by atoms with Gasteiger partial charge in [0.2, 0.25) is 0 Å². The second-order valence-electron chi connectivity index (χ2n) is 6.18. The standard InChI is InChI=1S/C18H18N2O2.BrH/c21-20(22)14-9-7-13(8-10-14)17-12-19-11-3-6-18(19)16-5-2-1-4-15(16)17;/h1-2,4-5,7-10,17-18H,3,6,11-12H2;1H/t17-,18+;/m0./s1. The number of nitro groups is 1. The lowest BCUT2D eigenvalue weighted by molar-refractivity contribution is -0.384. The van der Waals surface area contributed by atoms with E-state index in [-0.39, 0.29) is 27.6 Å². The molecule has 2 aromatic rings. The van der Waals surface area contributed by atoms with Crippen LogP contribution in [0.2, 0.25) is 0 Å². The van der Waals surface area contributed by atoms with Gasteiger partial charge < -0.3 is 0 Å². The zero-order valence-corrected chi connectivity index (χ0v) is 14.4. The van der Waals surface area contributed by atoms with Crippen LogP contribution in [0.15, 0.2) is 48.5 Å². The van der Waals surface area contributed by atoms with Crippen molar-refractivity contribution in [1.82, 2.24) is 4.90 Å². The quantitative estimate of drug-likeness (QED) is 0.575. The number of fused-ring (bicyclic) bond motifs is 3. The molecule has 0 radical (unpaired) electrons. The smallest absolute Gasteiger partial charge is 0.269 e. The fraction of sp³-hybridized carbons (Fsp3) is 0.333. The van der Waals surface area contributed by atoms with E-state index in [9.17, 15) is 10.1 Å². The summed E-state index contributed by atoms with van der Waals surface area (Å²) >= 11 is 0. The summed E-state index contributed by atoms with van der Waals surface area (Å²) in [5.41, 5.74) is 4.16. The van der Waals surface area contributed by atoms with Crippen LogP contribution < -0.4 is 0 Å². The maximum atomic E-state index is 10.8. The zero-order valence-electron chi connectivity index (χ0n) is 12.7. The molecule has 0 unspecified atom stereocenters. The average Bonchev–Trinajstić information content (AvgIpc) is 3.03. The van der Waals surface area contributed by atoms with Gasteiger partial charge in [0.1, 0.15) is 0 Å². The monoisotopic (exact) mass is 374 g/mol. The van der Waals surface area contributed by atoms with Gasteiger partial charge in [-0.3, -0.25) is 15.0 Å². The van der Waals surface area contributed by atoms with Crippen molar-refractivity contribution in [1.29, 1.82) is 0 Å². The maximum Gasteiger partial charge on any atom is 0.269 e. The third-order valence-electron chi connectivity index (χ3n) is 5.02. The van der Waals surface area contributed by atoms with E-state index in [1.165, 1.54) is 29.5 Å². The van der Waals surface area contributed by atoms with Crippen LogP contribution in [0, 0.1) is 10.1 Å². The molecular formula is C18H19BrN2O2. The molecule has 0 spiro atoms. The number of nitro benzene ring substituents is 1. The molecule has 1 saturated heterocycles. The van der Waals surface area contributed by atoms with Crippen LogP contribution in [0.1, 0.15) is 41.5 Å². The Balaban J connectivity index is 0.00000156.